The molecule has 0 saturated heterocycles. The Morgan fingerprint density at radius 2 is 2.24 bits per heavy atom. The van der Waals surface area contributed by atoms with Crippen LogP contribution in [0.4, 0.5) is 0 Å². The van der Waals surface area contributed by atoms with Crippen LogP contribution in [0.3, 0.4) is 0 Å². The summed E-state index contributed by atoms with van der Waals surface area (Å²) in [6.45, 7) is 0.540. The van der Waals surface area contributed by atoms with Gasteiger partial charge in [0, 0.05) is 27.8 Å². The smallest absolute Gasteiger partial charge is 0.341 e. The van der Waals surface area contributed by atoms with Gasteiger partial charge in [0.05, 0.1) is 6.54 Å². The summed E-state index contributed by atoms with van der Waals surface area (Å²) in [6.07, 6.45) is 2.94. The molecule has 0 unspecified atom stereocenters. The summed E-state index contributed by atoms with van der Waals surface area (Å²) in [5.41, 5.74) is -0.681. The Labute approximate surface area is 109 Å². The van der Waals surface area contributed by atoms with E-state index in [-0.39, 0.29) is 5.56 Å². The number of rotatable bonds is 3. The summed E-state index contributed by atoms with van der Waals surface area (Å²) < 4.78 is 2.67. The standard InChI is InChI=1S/C11H8BrNO3S/c12-8-2-4-17-10(8)6-13-3-1-9(14)7(5-13)11(15)16/h1-5H,6H2,(H,15,16). The molecule has 2 rings (SSSR count). The van der Waals surface area contributed by atoms with Crippen LogP contribution in [0.5, 0.6) is 0 Å². The average Bonchev–Trinajstić information content (AvgIpc) is 2.67. The molecule has 0 aromatic carbocycles. The van der Waals surface area contributed by atoms with Gasteiger partial charge in [0.25, 0.3) is 0 Å². The van der Waals surface area contributed by atoms with E-state index in [9.17, 15) is 9.59 Å². The third-order valence-electron chi connectivity index (χ3n) is 2.23. The van der Waals surface area contributed by atoms with E-state index in [0.717, 1.165) is 9.35 Å². The normalized spacial score (nSPS) is 10.4. The van der Waals surface area contributed by atoms with Gasteiger partial charge in [-0.15, -0.1) is 11.3 Å². The molecular weight excluding hydrogens is 306 g/mol. The van der Waals surface area contributed by atoms with E-state index >= 15 is 0 Å². The van der Waals surface area contributed by atoms with Crippen LogP contribution in [-0.4, -0.2) is 15.6 Å². The third-order valence-corrected chi connectivity index (χ3v) is 4.14. The van der Waals surface area contributed by atoms with Crippen LogP contribution in [-0.2, 0) is 6.54 Å². The van der Waals surface area contributed by atoms with Crippen LogP contribution >= 0.6 is 27.3 Å². The lowest BCUT2D eigenvalue weighted by atomic mass is 10.3. The lowest BCUT2D eigenvalue weighted by Crippen LogP contribution is -2.16. The summed E-state index contributed by atoms with van der Waals surface area (Å²) in [5, 5.41) is 10.8. The van der Waals surface area contributed by atoms with Crippen molar-refractivity contribution in [2.24, 2.45) is 0 Å². The number of carboxylic acid groups (broad SMARTS) is 1. The second kappa shape index (κ2) is 4.85. The number of pyridine rings is 1. The molecule has 2 aromatic heterocycles. The van der Waals surface area contributed by atoms with Gasteiger partial charge in [0.1, 0.15) is 5.56 Å². The fourth-order valence-electron chi connectivity index (χ4n) is 1.39. The van der Waals surface area contributed by atoms with Crippen LogP contribution < -0.4 is 5.43 Å². The molecule has 0 radical (unpaired) electrons. The number of hydrogen-bond acceptors (Lipinski definition) is 3. The zero-order valence-corrected chi connectivity index (χ0v) is 11.0. The Hall–Kier alpha value is -1.40. The topological polar surface area (TPSA) is 59.3 Å². The van der Waals surface area contributed by atoms with Crippen LogP contribution in [0.1, 0.15) is 15.2 Å². The van der Waals surface area contributed by atoms with Crippen molar-refractivity contribution in [2.75, 3.05) is 0 Å². The molecule has 4 nitrogen and oxygen atoms in total. The Bertz CT molecular complexity index is 617. The minimum absolute atomic E-state index is 0.208. The number of carbonyl (C=O) groups is 1. The quantitative estimate of drug-likeness (QED) is 0.946. The van der Waals surface area contributed by atoms with E-state index in [4.69, 9.17) is 5.11 Å². The number of thiophene rings is 1. The summed E-state index contributed by atoms with van der Waals surface area (Å²) in [7, 11) is 0. The number of nitrogens with zero attached hydrogens (tertiary/aromatic N) is 1. The van der Waals surface area contributed by atoms with Crippen molar-refractivity contribution in [1.82, 2.24) is 4.57 Å². The van der Waals surface area contributed by atoms with Gasteiger partial charge in [0.15, 0.2) is 5.43 Å². The fourth-order valence-corrected chi connectivity index (χ4v) is 2.87. The predicted molar refractivity (Wildman–Crippen MR) is 68.8 cm³/mol. The Morgan fingerprint density at radius 3 is 2.82 bits per heavy atom. The first kappa shape index (κ1) is 12.1. The molecule has 0 saturated carbocycles. The maximum Gasteiger partial charge on any atom is 0.341 e. The molecule has 0 aliphatic carbocycles. The molecule has 0 bridgehead atoms. The van der Waals surface area contributed by atoms with Crippen molar-refractivity contribution < 1.29 is 9.90 Å². The third kappa shape index (κ3) is 2.65. The highest BCUT2D eigenvalue weighted by Crippen LogP contribution is 2.23. The molecule has 0 amide bonds. The largest absolute Gasteiger partial charge is 0.477 e. The monoisotopic (exact) mass is 313 g/mol. The van der Waals surface area contributed by atoms with Crippen molar-refractivity contribution in [3.05, 3.63) is 55.0 Å². The SMILES string of the molecule is O=C(O)c1cn(Cc2sccc2Br)ccc1=O. The molecule has 88 valence electrons. The van der Waals surface area contributed by atoms with Gasteiger partial charge in [-0.25, -0.2) is 4.79 Å². The zero-order valence-electron chi connectivity index (χ0n) is 8.59. The number of hydrogen-bond donors (Lipinski definition) is 1. The van der Waals surface area contributed by atoms with E-state index in [0.29, 0.717) is 6.54 Å². The first-order valence-electron chi connectivity index (χ1n) is 4.73. The molecule has 0 atom stereocenters. The highest BCUT2D eigenvalue weighted by molar-refractivity contribution is 9.10. The molecular formula is C11H8BrNO3S. The number of halogens is 1. The molecule has 0 spiro atoms. The molecule has 1 N–H and O–H groups in total. The average molecular weight is 314 g/mol. The van der Waals surface area contributed by atoms with E-state index in [1.54, 1.807) is 22.1 Å². The van der Waals surface area contributed by atoms with Gasteiger partial charge in [-0.2, -0.15) is 0 Å². The van der Waals surface area contributed by atoms with Crippen LogP contribution in [0.15, 0.2) is 39.2 Å². The highest BCUT2D eigenvalue weighted by atomic mass is 79.9. The molecule has 2 heterocycles. The molecule has 0 aliphatic heterocycles. The number of aromatic carboxylic acids is 1. The molecule has 0 fully saturated rings. The van der Waals surface area contributed by atoms with Crippen LogP contribution in [0, 0.1) is 0 Å². The Kier molecular flexibility index (Phi) is 3.44. The van der Waals surface area contributed by atoms with Crippen LogP contribution in [0.25, 0.3) is 0 Å². The summed E-state index contributed by atoms with van der Waals surface area (Å²) in [4.78, 5) is 23.2. The van der Waals surface area contributed by atoms with Gasteiger partial charge < -0.3 is 9.67 Å². The second-order valence-corrected chi connectivity index (χ2v) is 5.25. The number of carboxylic acids is 1. The van der Waals surface area contributed by atoms with Crippen molar-refractivity contribution in [3.63, 3.8) is 0 Å². The lowest BCUT2D eigenvalue weighted by molar-refractivity contribution is 0.0694. The minimum atomic E-state index is -1.20. The zero-order chi connectivity index (χ0) is 12.4. The summed E-state index contributed by atoms with van der Waals surface area (Å²) in [6, 6.07) is 3.20. The van der Waals surface area contributed by atoms with Crippen LogP contribution in [0.2, 0.25) is 0 Å². The maximum atomic E-state index is 11.3. The van der Waals surface area contributed by atoms with Crippen molar-refractivity contribution in [1.29, 1.82) is 0 Å². The van der Waals surface area contributed by atoms with Gasteiger partial charge in [-0.05, 0) is 27.4 Å². The van der Waals surface area contributed by atoms with E-state index < -0.39 is 11.4 Å². The summed E-state index contributed by atoms with van der Waals surface area (Å²) in [5.74, 6) is -1.20. The fraction of sp³-hybridized carbons (Fsp3) is 0.0909. The first-order valence-corrected chi connectivity index (χ1v) is 6.40. The lowest BCUT2D eigenvalue weighted by Gasteiger charge is -2.05. The van der Waals surface area contributed by atoms with Gasteiger partial charge in [0.2, 0.25) is 0 Å². The highest BCUT2D eigenvalue weighted by Gasteiger charge is 2.09. The predicted octanol–water partition coefficient (Wildman–Crippen LogP) is 2.42. The first-order chi connectivity index (χ1) is 8.08. The van der Waals surface area contributed by atoms with E-state index in [1.165, 1.54) is 12.3 Å². The van der Waals surface area contributed by atoms with Crippen molar-refractivity contribution in [2.45, 2.75) is 6.54 Å². The van der Waals surface area contributed by atoms with Gasteiger partial charge in [-0.1, -0.05) is 0 Å². The molecule has 2 aromatic rings. The van der Waals surface area contributed by atoms with Gasteiger partial charge in [-0.3, -0.25) is 4.79 Å². The number of aromatic nitrogens is 1. The van der Waals surface area contributed by atoms with E-state index in [2.05, 4.69) is 15.9 Å². The Morgan fingerprint density at radius 1 is 1.47 bits per heavy atom. The molecule has 0 aliphatic rings. The van der Waals surface area contributed by atoms with Crippen molar-refractivity contribution in [3.8, 4) is 0 Å². The second-order valence-electron chi connectivity index (χ2n) is 3.39. The minimum Gasteiger partial charge on any atom is -0.477 e. The van der Waals surface area contributed by atoms with Gasteiger partial charge >= 0.3 is 5.97 Å². The van der Waals surface area contributed by atoms with E-state index in [1.807, 2.05) is 11.4 Å². The van der Waals surface area contributed by atoms with Crippen molar-refractivity contribution >= 4 is 33.2 Å². The molecule has 6 heteroatoms. The molecule has 17 heavy (non-hydrogen) atoms. The Balaban J connectivity index is 2.35. The maximum absolute atomic E-state index is 11.3. The summed E-state index contributed by atoms with van der Waals surface area (Å²) >= 11 is 4.97.